The lowest BCUT2D eigenvalue weighted by molar-refractivity contribution is 0.0955. The van der Waals surface area contributed by atoms with Gasteiger partial charge in [-0.05, 0) is 48.5 Å². The zero-order chi connectivity index (χ0) is 22.2. The van der Waals surface area contributed by atoms with Crippen molar-refractivity contribution in [2.24, 2.45) is 5.10 Å². The Labute approximate surface area is 190 Å². The molecule has 8 heteroatoms. The minimum absolute atomic E-state index is 0.286. The van der Waals surface area contributed by atoms with Gasteiger partial charge >= 0.3 is 0 Å². The van der Waals surface area contributed by atoms with E-state index in [0.29, 0.717) is 38.4 Å². The predicted octanol–water partition coefficient (Wildman–Crippen LogP) is 5.35. The van der Waals surface area contributed by atoms with Gasteiger partial charge in [-0.2, -0.15) is 5.10 Å². The average molecular weight is 459 g/mol. The minimum atomic E-state index is -0.356. The number of nitrogens with zero attached hydrogens (tertiary/aromatic N) is 1. The number of para-hydroxylation sites is 1. The molecule has 0 saturated carbocycles. The second-order valence-electron chi connectivity index (χ2n) is 6.33. The summed E-state index contributed by atoms with van der Waals surface area (Å²) in [4.78, 5) is 12.3. The molecule has 1 N–H and O–H groups in total. The van der Waals surface area contributed by atoms with Crippen LogP contribution in [0.25, 0.3) is 0 Å². The lowest BCUT2D eigenvalue weighted by atomic mass is 10.2. The van der Waals surface area contributed by atoms with Crippen LogP contribution in [0.1, 0.15) is 21.5 Å². The highest BCUT2D eigenvalue weighted by Gasteiger charge is 2.09. The fraction of sp³-hybridized carbons (Fsp3) is 0.130. The van der Waals surface area contributed by atoms with Crippen molar-refractivity contribution in [2.45, 2.75) is 6.61 Å². The van der Waals surface area contributed by atoms with Gasteiger partial charge in [-0.1, -0.05) is 35.3 Å². The second-order valence-corrected chi connectivity index (χ2v) is 7.17. The van der Waals surface area contributed by atoms with Crippen LogP contribution in [0.5, 0.6) is 17.2 Å². The zero-order valence-corrected chi connectivity index (χ0v) is 18.4. The van der Waals surface area contributed by atoms with E-state index in [-0.39, 0.29) is 12.5 Å². The van der Waals surface area contributed by atoms with Crippen LogP contribution in [0.3, 0.4) is 0 Å². The number of methoxy groups -OCH3 is 2. The standard InChI is InChI=1S/C23H20Cl2N2O4/c1-29-21-5-3-4-16(22(21)30-2)13-26-27-23(28)15-7-10-19(11-8-15)31-14-17-6-9-18(24)12-20(17)25/h3-13H,14H2,1-2H3,(H,27,28)/b26-13-. The van der Waals surface area contributed by atoms with Gasteiger partial charge in [0.25, 0.3) is 5.91 Å². The summed E-state index contributed by atoms with van der Waals surface area (Å²) in [6.45, 7) is 0.286. The van der Waals surface area contributed by atoms with E-state index >= 15 is 0 Å². The first-order chi connectivity index (χ1) is 15.0. The molecular formula is C23H20Cl2N2O4. The Morgan fingerprint density at radius 1 is 1.03 bits per heavy atom. The Kier molecular flexibility index (Phi) is 7.76. The summed E-state index contributed by atoms with van der Waals surface area (Å²) in [6.07, 6.45) is 1.49. The number of hydrazone groups is 1. The van der Waals surface area contributed by atoms with Crippen molar-refractivity contribution in [3.63, 3.8) is 0 Å². The van der Waals surface area contributed by atoms with E-state index in [1.807, 2.05) is 6.07 Å². The highest BCUT2D eigenvalue weighted by molar-refractivity contribution is 6.35. The Hall–Kier alpha value is -3.22. The van der Waals surface area contributed by atoms with E-state index in [1.54, 1.807) is 61.7 Å². The van der Waals surface area contributed by atoms with Crippen LogP contribution in [-0.2, 0) is 6.61 Å². The van der Waals surface area contributed by atoms with Crippen molar-refractivity contribution in [2.75, 3.05) is 14.2 Å². The number of amides is 1. The third-order valence-corrected chi connectivity index (χ3v) is 4.92. The van der Waals surface area contributed by atoms with Crippen LogP contribution in [0.4, 0.5) is 0 Å². The molecule has 3 aromatic carbocycles. The number of hydrogen-bond acceptors (Lipinski definition) is 5. The summed E-state index contributed by atoms with van der Waals surface area (Å²) in [5.41, 5.74) is 4.41. The quantitative estimate of drug-likeness (QED) is 0.364. The largest absolute Gasteiger partial charge is 0.493 e. The molecule has 0 aliphatic heterocycles. The van der Waals surface area contributed by atoms with Gasteiger partial charge in [-0.25, -0.2) is 5.43 Å². The molecule has 0 radical (unpaired) electrons. The molecule has 0 spiro atoms. The van der Waals surface area contributed by atoms with E-state index in [0.717, 1.165) is 5.56 Å². The van der Waals surface area contributed by atoms with E-state index in [1.165, 1.54) is 13.3 Å². The maximum atomic E-state index is 12.3. The topological polar surface area (TPSA) is 69.2 Å². The van der Waals surface area contributed by atoms with Crippen LogP contribution >= 0.6 is 23.2 Å². The number of ether oxygens (including phenoxy) is 3. The van der Waals surface area contributed by atoms with Gasteiger partial charge in [0.2, 0.25) is 0 Å². The molecule has 0 bridgehead atoms. The number of benzene rings is 3. The molecule has 3 aromatic rings. The zero-order valence-electron chi connectivity index (χ0n) is 16.9. The first-order valence-electron chi connectivity index (χ1n) is 9.23. The number of hydrogen-bond donors (Lipinski definition) is 1. The summed E-state index contributed by atoms with van der Waals surface area (Å²) in [7, 11) is 3.09. The molecule has 3 rings (SSSR count). The van der Waals surface area contributed by atoms with Crippen molar-refractivity contribution >= 4 is 35.3 Å². The number of carbonyl (C=O) groups is 1. The lowest BCUT2D eigenvalue weighted by Crippen LogP contribution is -2.17. The molecule has 1 amide bonds. The van der Waals surface area contributed by atoms with Crippen LogP contribution in [0, 0.1) is 0 Å². The Bertz CT molecular complexity index is 1090. The van der Waals surface area contributed by atoms with Crippen molar-refractivity contribution in [3.05, 3.63) is 87.4 Å². The Balaban J connectivity index is 1.58. The first-order valence-corrected chi connectivity index (χ1v) is 9.98. The SMILES string of the molecule is COc1cccc(/C=N\NC(=O)c2ccc(OCc3ccc(Cl)cc3Cl)cc2)c1OC. The molecule has 0 aliphatic carbocycles. The molecule has 0 fully saturated rings. The summed E-state index contributed by atoms with van der Waals surface area (Å²) in [6, 6.07) is 17.3. The Morgan fingerprint density at radius 2 is 1.81 bits per heavy atom. The van der Waals surface area contributed by atoms with Gasteiger partial charge in [0.1, 0.15) is 12.4 Å². The van der Waals surface area contributed by atoms with Gasteiger partial charge in [0, 0.05) is 26.7 Å². The number of nitrogens with one attached hydrogen (secondary N) is 1. The fourth-order valence-electron chi connectivity index (χ4n) is 2.74. The van der Waals surface area contributed by atoms with Gasteiger partial charge in [0.05, 0.1) is 20.4 Å². The van der Waals surface area contributed by atoms with E-state index in [4.69, 9.17) is 37.4 Å². The number of rotatable bonds is 8. The highest BCUT2D eigenvalue weighted by Crippen LogP contribution is 2.29. The monoisotopic (exact) mass is 458 g/mol. The third kappa shape index (κ3) is 5.90. The maximum absolute atomic E-state index is 12.3. The van der Waals surface area contributed by atoms with Gasteiger partial charge in [0.15, 0.2) is 11.5 Å². The predicted molar refractivity (Wildman–Crippen MR) is 122 cm³/mol. The molecule has 0 atom stereocenters. The summed E-state index contributed by atoms with van der Waals surface area (Å²) in [5.74, 6) is 1.36. The lowest BCUT2D eigenvalue weighted by Gasteiger charge is -2.09. The van der Waals surface area contributed by atoms with Crippen molar-refractivity contribution in [1.82, 2.24) is 5.43 Å². The first kappa shape index (κ1) is 22.5. The summed E-state index contributed by atoms with van der Waals surface area (Å²) in [5, 5.41) is 5.10. The molecule has 0 heterocycles. The van der Waals surface area contributed by atoms with Crippen molar-refractivity contribution in [1.29, 1.82) is 0 Å². The van der Waals surface area contributed by atoms with Crippen LogP contribution in [-0.4, -0.2) is 26.3 Å². The minimum Gasteiger partial charge on any atom is -0.493 e. The normalized spacial score (nSPS) is 10.7. The fourth-order valence-corrected chi connectivity index (χ4v) is 3.20. The smallest absolute Gasteiger partial charge is 0.271 e. The van der Waals surface area contributed by atoms with Crippen molar-refractivity contribution < 1.29 is 19.0 Å². The van der Waals surface area contributed by atoms with Gasteiger partial charge in [-0.15, -0.1) is 0 Å². The second kappa shape index (κ2) is 10.7. The summed E-state index contributed by atoms with van der Waals surface area (Å²) >= 11 is 12.0. The van der Waals surface area contributed by atoms with Crippen LogP contribution in [0.2, 0.25) is 10.0 Å². The van der Waals surface area contributed by atoms with E-state index in [9.17, 15) is 4.79 Å². The number of carbonyl (C=O) groups excluding carboxylic acids is 1. The molecule has 6 nitrogen and oxygen atoms in total. The van der Waals surface area contributed by atoms with Crippen LogP contribution in [0.15, 0.2) is 65.8 Å². The van der Waals surface area contributed by atoms with E-state index in [2.05, 4.69) is 10.5 Å². The van der Waals surface area contributed by atoms with E-state index < -0.39 is 0 Å². The highest BCUT2D eigenvalue weighted by atomic mass is 35.5. The molecule has 31 heavy (non-hydrogen) atoms. The molecule has 0 unspecified atom stereocenters. The van der Waals surface area contributed by atoms with Crippen LogP contribution < -0.4 is 19.6 Å². The maximum Gasteiger partial charge on any atom is 0.271 e. The van der Waals surface area contributed by atoms with Gasteiger partial charge < -0.3 is 14.2 Å². The van der Waals surface area contributed by atoms with Crippen molar-refractivity contribution in [3.8, 4) is 17.2 Å². The molecule has 0 saturated heterocycles. The molecule has 0 aromatic heterocycles. The Morgan fingerprint density at radius 3 is 2.48 bits per heavy atom. The molecular weight excluding hydrogens is 439 g/mol. The summed E-state index contributed by atoms with van der Waals surface area (Å²) < 4.78 is 16.3. The third-order valence-electron chi connectivity index (χ3n) is 4.33. The molecule has 160 valence electrons. The van der Waals surface area contributed by atoms with Gasteiger partial charge in [-0.3, -0.25) is 4.79 Å². The number of halogens is 2. The molecule has 0 aliphatic rings. The average Bonchev–Trinajstić information content (AvgIpc) is 2.78.